The molecule has 126 valence electrons. The maximum absolute atomic E-state index is 11.5. The van der Waals surface area contributed by atoms with Crippen molar-refractivity contribution in [2.75, 3.05) is 0 Å². The summed E-state index contributed by atoms with van der Waals surface area (Å²) >= 11 is 0. The first-order valence-corrected chi connectivity index (χ1v) is 7.93. The maximum atomic E-state index is 11.5. The molecular weight excluding hydrogens is 284 g/mol. The molecule has 1 fully saturated rings. The zero-order valence-electron chi connectivity index (χ0n) is 13.4. The summed E-state index contributed by atoms with van der Waals surface area (Å²) < 4.78 is 0. The minimum absolute atomic E-state index is 0.0147. The van der Waals surface area contributed by atoms with Crippen LogP contribution in [0.15, 0.2) is 4.99 Å². The van der Waals surface area contributed by atoms with Crippen LogP contribution in [0.1, 0.15) is 52.4 Å². The molecular formula is C15H28N4O3. The van der Waals surface area contributed by atoms with Crippen LogP contribution in [0, 0.1) is 11.8 Å². The fourth-order valence-electron chi connectivity index (χ4n) is 3.28. The molecule has 6 N–H and O–H groups in total. The lowest BCUT2D eigenvalue weighted by Gasteiger charge is -2.38. The van der Waals surface area contributed by atoms with Gasteiger partial charge in [-0.3, -0.25) is 9.59 Å². The third-order valence-corrected chi connectivity index (χ3v) is 4.30. The summed E-state index contributed by atoms with van der Waals surface area (Å²) in [5.41, 5.74) is 11.0. The van der Waals surface area contributed by atoms with E-state index in [1.54, 1.807) is 0 Å². The van der Waals surface area contributed by atoms with E-state index in [1.807, 2.05) is 0 Å². The van der Waals surface area contributed by atoms with E-state index in [0.29, 0.717) is 19.3 Å². The molecule has 0 aromatic carbocycles. The summed E-state index contributed by atoms with van der Waals surface area (Å²) in [5.74, 6) is -1.33. The Bertz CT molecular complexity index is 421. The minimum Gasteiger partial charge on any atom is -0.481 e. The van der Waals surface area contributed by atoms with Gasteiger partial charge in [0.1, 0.15) is 0 Å². The van der Waals surface area contributed by atoms with Gasteiger partial charge in [0.05, 0.1) is 12.0 Å². The largest absolute Gasteiger partial charge is 0.481 e. The van der Waals surface area contributed by atoms with Crippen molar-refractivity contribution >= 4 is 17.8 Å². The van der Waals surface area contributed by atoms with Crippen LogP contribution in [-0.2, 0) is 9.59 Å². The van der Waals surface area contributed by atoms with Crippen molar-refractivity contribution in [2.45, 2.75) is 64.5 Å². The van der Waals surface area contributed by atoms with E-state index in [2.05, 4.69) is 17.2 Å². The van der Waals surface area contributed by atoms with Crippen molar-refractivity contribution in [3.05, 3.63) is 0 Å². The number of aliphatic imine (C=N–C) groups is 1. The molecule has 7 nitrogen and oxygen atoms in total. The van der Waals surface area contributed by atoms with Gasteiger partial charge in [-0.25, -0.2) is 4.99 Å². The Hall–Kier alpha value is -1.79. The molecule has 0 aromatic heterocycles. The number of carbonyl (C=O) groups is 2. The molecule has 0 saturated heterocycles. The normalized spacial score (nSPS) is 26.0. The molecule has 0 aromatic rings. The summed E-state index contributed by atoms with van der Waals surface area (Å²) in [5, 5.41) is 12.3. The number of carboxylic acid groups (broad SMARTS) is 1. The second kappa shape index (κ2) is 8.60. The van der Waals surface area contributed by atoms with Crippen LogP contribution < -0.4 is 16.8 Å². The molecule has 0 radical (unpaired) electrons. The zero-order chi connectivity index (χ0) is 16.7. The molecule has 1 amide bonds. The van der Waals surface area contributed by atoms with E-state index in [1.165, 1.54) is 6.92 Å². The number of hydrogen-bond acceptors (Lipinski definition) is 3. The smallest absolute Gasteiger partial charge is 0.306 e. The van der Waals surface area contributed by atoms with Gasteiger partial charge in [-0.05, 0) is 25.7 Å². The van der Waals surface area contributed by atoms with E-state index in [0.717, 1.165) is 19.3 Å². The molecule has 22 heavy (non-hydrogen) atoms. The Morgan fingerprint density at radius 2 is 2.05 bits per heavy atom. The molecule has 0 aliphatic heterocycles. The highest BCUT2D eigenvalue weighted by Gasteiger charge is 2.38. The van der Waals surface area contributed by atoms with Crippen LogP contribution in [0.4, 0.5) is 0 Å². The molecule has 1 saturated carbocycles. The first-order chi connectivity index (χ1) is 10.3. The van der Waals surface area contributed by atoms with Crippen molar-refractivity contribution in [3.8, 4) is 0 Å². The Balaban J connectivity index is 2.96. The fourth-order valence-corrected chi connectivity index (χ4v) is 3.28. The minimum atomic E-state index is -0.787. The van der Waals surface area contributed by atoms with Gasteiger partial charge in [-0.1, -0.05) is 19.8 Å². The van der Waals surface area contributed by atoms with Gasteiger partial charge >= 0.3 is 5.97 Å². The highest BCUT2D eigenvalue weighted by Crippen LogP contribution is 2.35. The van der Waals surface area contributed by atoms with Gasteiger partial charge in [0, 0.05) is 18.9 Å². The van der Waals surface area contributed by atoms with E-state index >= 15 is 0 Å². The molecule has 7 heteroatoms. The van der Waals surface area contributed by atoms with Crippen LogP contribution in [-0.4, -0.2) is 35.0 Å². The third kappa shape index (κ3) is 5.54. The number of rotatable bonds is 7. The van der Waals surface area contributed by atoms with Gasteiger partial charge in [0.25, 0.3) is 0 Å². The fraction of sp³-hybridized carbons (Fsp3) is 0.800. The molecule has 1 rings (SSSR count). The molecule has 0 heterocycles. The number of guanidine groups is 1. The molecule has 1 aliphatic rings. The standard InChI is InChI=1S/C15H28N4O3/c1-3-4-5-12(18-9(2)20)11-8-10(14(21)22)6-7-13(11)19-15(16)17/h10-13H,3-8H2,1-2H3,(H,18,20)(H,21,22)(H4,16,17,19)/t10?,11-,12?,13-/m1/s1. The number of unbranched alkanes of at least 4 members (excludes halogenated alkanes) is 1. The highest BCUT2D eigenvalue weighted by atomic mass is 16.4. The predicted octanol–water partition coefficient (Wildman–Crippen LogP) is 0.824. The molecule has 0 spiro atoms. The molecule has 0 bridgehead atoms. The Morgan fingerprint density at radius 1 is 1.36 bits per heavy atom. The van der Waals surface area contributed by atoms with Gasteiger partial charge in [-0.15, -0.1) is 0 Å². The third-order valence-electron chi connectivity index (χ3n) is 4.30. The summed E-state index contributed by atoms with van der Waals surface area (Å²) in [4.78, 5) is 27.1. The molecule has 4 atom stereocenters. The van der Waals surface area contributed by atoms with Gasteiger partial charge < -0.3 is 21.9 Å². The maximum Gasteiger partial charge on any atom is 0.306 e. The van der Waals surface area contributed by atoms with E-state index in [-0.39, 0.29) is 29.9 Å². The number of amides is 1. The van der Waals surface area contributed by atoms with Crippen LogP contribution >= 0.6 is 0 Å². The van der Waals surface area contributed by atoms with Gasteiger partial charge in [0.2, 0.25) is 5.91 Å². The summed E-state index contributed by atoms with van der Waals surface area (Å²) in [6, 6.07) is -0.220. The topological polar surface area (TPSA) is 131 Å². The van der Waals surface area contributed by atoms with Crippen molar-refractivity contribution in [1.29, 1.82) is 0 Å². The number of carboxylic acids is 1. The average Bonchev–Trinajstić information content (AvgIpc) is 2.42. The Kier molecular flexibility index (Phi) is 7.14. The average molecular weight is 312 g/mol. The lowest BCUT2D eigenvalue weighted by molar-refractivity contribution is -0.143. The number of carbonyl (C=O) groups excluding carboxylic acids is 1. The first-order valence-electron chi connectivity index (χ1n) is 7.93. The number of nitrogens with two attached hydrogens (primary N) is 2. The number of hydrogen-bond donors (Lipinski definition) is 4. The first kappa shape index (κ1) is 18.3. The lowest BCUT2D eigenvalue weighted by atomic mass is 9.73. The van der Waals surface area contributed by atoms with Crippen LogP contribution in [0.3, 0.4) is 0 Å². The van der Waals surface area contributed by atoms with Crippen molar-refractivity contribution in [3.63, 3.8) is 0 Å². The zero-order valence-corrected chi connectivity index (χ0v) is 13.4. The Morgan fingerprint density at radius 3 is 2.55 bits per heavy atom. The Labute approximate surface area is 131 Å². The quantitative estimate of drug-likeness (QED) is 0.408. The monoisotopic (exact) mass is 312 g/mol. The van der Waals surface area contributed by atoms with E-state index < -0.39 is 11.9 Å². The number of nitrogens with zero attached hydrogens (tertiary/aromatic N) is 1. The molecule has 2 unspecified atom stereocenters. The lowest BCUT2D eigenvalue weighted by Crippen LogP contribution is -2.47. The van der Waals surface area contributed by atoms with Crippen molar-refractivity contribution in [2.24, 2.45) is 28.3 Å². The predicted molar refractivity (Wildman–Crippen MR) is 85.2 cm³/mol. The van der Waals surface area contributed by atoms with Crippen LogP contribution in [0.2, 0.25) is 0 Å². The van der Waals surface area contributed by atoms with E-state index in [9.17, 15) is 14.7 Å². The van der Waals surface area contributed by atoms with Crippen LogP contribution in [0.25, 0.3) is 0 Å². The van der Waals surface area contributed by atoms with E-state index in [4.69, 9.17) is 11.5 Å². The summed E-state index contributed by atoms with van der Waals surface area (Å²) in [7, 11) is 0. The SMILES string of the molecule is CCCCC(NC(C)=O)[C@H]1CC(C(=O)O)CC[C@H]1N=C(N)N. The van der Waals surface area contributed by atoms with Gasteiger partial charge in [-0.2, -0.15) is 0 Å². The second-order valence-electron chi connectivity index (χ2n) is 6.08. The number of aliphatic carboxylic acids is 1. The van der Waals surface area contributed by atoms with Crippen LogP contribution in [0.5, 0.6) is 0 Å². The van der Waals surface area contributed by atoms with Crippen molar-refractivity contribution in [1.82, 2.24) is 5.32 Å². The number of nitrogens with one attached hydrogen (secondary N) is 1. The summed E-state index contributed by atoms with van der Waals surface area (Å²) in [6.07, 6.45) is 4.47. The second-order valence-corrected chi connectivity index (χ2v) is 6.08. The summed E-state index contributed by atoms with van der Waals surface area (Å²) in [6.45, 7) is 3.56. The van der Waals surface area contributed by atoms with Gasteiger partial charge in [0.15, 0.2) is 5.96 Å². The highest BCUT2D eigenvalue weighted by molar-refractivity contribution is 5.76. The molecule has 1 aliphatic carbocycles. The van der Waals surface area contributed by atoms with Crippen molar-refractivity contribution < 1.29 is 14.7 Å².